The standard InChI is InChI=1S/C16H21NO3/c1-11-6-5-7-12(10-11)8-9-13(18)17-14(15(19)20)16(2,3)4/h5-10,14H,1-4H3,(H,17,18)(H,19,20)/b9-8+/t14-/m0/s1. The third kappa shape index (κ3) is 4.88. The van der Waals surface area contributed by atoms with E-state index >= 15 is 0 Å². The molecule has 0 aliphatic rings. The average Bonchev–Trinajstić information content (AvgIpc) is 2.31. The second kappa shape index (κ2) is 6.37. The number of aliphatic carboxylic acids is 1. The first-order valence-corrected chi connectivity index (χ1v) is 6.48. The molecular weight excluding hydrogens is 254 g/mol. The second-order valence-corrected chi connectivity index (χ2v) is 5.89. The summed E-state index contributed by atoms with van der Waals surface area (Å²) in [4.78, 5) is 23.0. The van der Waals surface area contributed by atoms with Gasteiger partial charge in [-0.15, -0.1) is 0 Å². The van der Waals surface area contributed by atoms with Crippen molar-refractivity contribution in [3.05, 3.63) is 41.5 Å². The highest BCUT2D eigenvalue weighted by atomic mass is 16.4. The van der Waals surface area contributed by atoms with Crippen molar-refractivity contribution in [3.8, 4) is 0 Å². The van der Waals surface area contributed by atoms with Gasteiger partial charge in [-0.25, -0.2) is 4.79 Å². The third-order valence-corrected chi connectivity index (χ3v) is 2.87. The summed E-state index contributed by atoms with van der Waals surface area (Å²) in [5, 5.41) is 11.7. The Labute approximate surface area is 119 Å². The van der Waals surface area contributed by atoms with E-state index in [1.54, 1.807) is 26.8 Å². The average molecular weight is 275 g/mol. The van der Waals surface area contributed by atoms with Gasteiger partial charge in [-0.2, -0.15) is 0 Å². The molecule has 0 radical (unpaired) electrons. The van der Waals surface area contributed by atoms with E-state index in [1.807, 2.05) is 31.2 Å². The van der Waals surface area contributed by atoms with Crippen LogP contribution in [0.1, 0.15) is 31.9 Å². The monoisotopic (exact) mass is 275 g/mol. The van der Waals surface area contributed by atoms with Crippen LogP contribution in [0.2, 0.25) is 0 Å². The van der Waals surface area contributed by atoms with Gasteiger partial charge in [-0.05, 0) is 24.0 Å². The summed E-state index contributed by atoms with van der Waals surface area (Å²) in [7, 11) is 0. The van der Waals surface area contributed by atoms with Crippen LogP contribution >= 0.6 is 0 Å². The third-order valence-electron chi connectivity index (χ3n) is 2.87. The number of rotatable bonds is 4. The number of carboxylic acid groups (broad SMARTS) is 1. The molecule has 0 aliphatic heterocycles. The largest absolute Gasteiger partial charge is 0.480 e. The van der Waals surface area contributed by atoms with Crippen molar-refractivity contribution in [1.29, 1.82) is 0 Å². The molecule has 1 aromatic carbocycles. The minimum atomic E-state index is -1.03. The maximum absolute atomic E-state index is 11.8. The normalized spacial score (nSPS) is 13.2. The number of carboxylic acids is 1. The zero-order valence-electron chi connectivity index (χ0n) is 12.3. The first-order valence-electron chi connectivity index (χ1n) is 6.48. The first-order chi connectivity index (χ1) is 9.20. The lowest BCUT2D eigenvalue weighted by Crippen LogP contribution is -2.48. The van der Waals surface area contributed by atoms with Gasteiger partial charge in [0.15, 0.2) is 0 Å². The fourth-order valence-electron chi connectivity index (χ4n) is 1.78. The Morgan fingerprint density at radius 1 is 1.30 bits per heavy atom. The Morgan fingerprint density at radius 3 is 2.45 bits per heavy atom. The molecule has 0 saturated carbocycles. The highest BCUT2D eigenvalue weighted by Gasteiger charge is 2.31. The molecule has 0 aliphatic carbocycles. The molecule has 1 aromatic rings. The van der Waals surface area contributed by atoms with E-state index < -0.39 is 23.3 Å². The first kappa shape index (κ1) is 16.0. The molecule has 20 heavy (non-hydrogen) atoms. The highest BCUT2D eigenvalue weighted by Crippen LogP contribution is 2.19. The quantitative estimate of drug-likeness (QED) is 0.830. The lowest BCUT2D eigenvalue weighted by molar-refractivity contribution is -0.144. The van der Waals surface area contributed by atoms with E-state index in [-0.39, 0.29) is 0 Å². The molecular formula is C16H21NO3. The minimum absolute atomic E-state index is 0.408. The van der Waals surface area contributed by atoms with Crippen molar-refractivity contribution in [1.82, 2.24) is 5.32 Å². The Kier molecular flexibility index (Phi) is 5.08. The van der Waals surface area contributed by atoms with Crippen LogP contribution in [0.25, 0.3) is 6.08 Å². The SMILES string of the molecule is Cc1cccc(/C=C/C(=O)N[C@@H](C(=O)O)C(C)(C)C)c1. The fourth-order valence-corrected chi connectivity index (χ4v) is 1.78. The molecule has 1 atom stereocenters. The highest BCUT2D eigenvalue weighted by molar-refractivity contribution is 5.94. The van der Waals surface area contributed by atoms with Crippen LogP contribution in [0.3, 0.4) is 0 Å². The van der Waals surface area contributed by atoms with Crippen molar-refractivity contribution in [2.45, 2.75) is 33.7 Å². The number of benzene rings is 1. The summed E-state index contributed by atoms with van der Waals surface area (Å²) in [6, 6.07) is 6.79. The number of hydrogen-bond acceptors (Lipinski definition) is 2. The molecule has 0 aromatic heterocycles. The smallest absolute Gasteiger partial charge is 0.326 e. The van der Waals surface area contributed by atoms with Crippen LogP contribution in [-0.2, 0) is 9.59 Å². The van der Waals surface area contributed by atoms with Gasteiger partial charge < -0.3 is 10.4 Å². The molecule has 4 heteroatoms. The molecule has 1 rings (SSSR count). The summed E-state index contributed by atoms with van der Waals surface area (Å²) in [6.45, 7) is 7.29. The van der Waals surface area contributed by atoms with Crippen LogP contribution in [0, 0.1) is 12.3 Å². The van der Waals surface area contributed by atoms with E-state index in [4.69, 9.17) is 5.11 Å². The molecule has 1 amide bonds. The maximum atomic E-state index is 11.8. The van der Waals surface area contributed by atoms with Crippen molar-refractivity contribution < 1.29 is 14.7 Å². The second-order valence-electron chi connectivity index (χ2n) is 5.89. The molecule has 0 bridgehead atoms. The molecule has 0 saturated heterocycles. The Bertz CT molecular complexity index is 527. The van der Waals surface area contributed by atoms with Crippen LogP contribution in [-0.4, -0.2) is 23.0 Å². The van der Waals surface area contributed by atoms with Gasteiger partial charge in [0.25, 0.3) is 0 Å². The lowest BCUT2D eigenvalue weighted by atomic mass is 9.87. The van der Waals surface area contributed by atoms with Gasteiger partial charge in [0.2, 0.25) is 5.91 Å². The lowest BCUT2D eigenvalue weighted by Gasteiger charge is -2.27. The topological polar surface area (TPSA) is 66.4 Å². The van der Waals surface area contributed by atoms with Gasteiger partial charge >= 0.3 is 5.97 Å². The van der Waals surface area contributed by atoms with Crippen LogP contribution in [0.15, 0.2) is 30.3 Å². The number of nitrogens with one attached hydrogen (secondary N) is 1. The molecule has 108 valence electrons. The van der Waals surface area contributed by atoms with Crippen LogP contribution < -0.4 is 5.32 Å². The van der Waals surface area contributed by atoms with Gasteiger partial charge in [0.1, 0.15) is 6.04 Å². The Morgan fingerprint density at radius 2 is 1.95 bits per heavy atom. The zero-order valence-corrected chi connectivity index (χ0v) is 12.3. The summed E-state index contributed by atoms with van der Waals surface area (Å²) >= 11 is 0. The number of amides is 1. The van der Waals surface area contributed by atoms with Gasteiger partial charge in [0.05, 0.1) is 0 Å². The zero-order chi connectivity index (χ0) is 15.3. The van der Waals surface area contributed by atoms with Crippen molar-refractivity contribution in [2.24, 2.45) is 5.41 Å². The molecule has 0 fully saturated rings. The van der Waals surface area contributed by atoms with E-state index in [0.29, 0.717) is 0 Å². The summed E-state index contributed by atoms with van der Waals surface area (Å²) < 4.78 is 0. The van der Waals surface area contributed by atoms with Gasteiger partial charge in [-0.1, -0.05) is 50.6 Å². The van der Waals surface area contributed by atoms with Gasteiger partial charge in [-0.3, -0.25) is 4.79 Å². The molecule has 0 heterocycles. The Hall–Kier alpha value is -2.10. The minimum Gasteiger partial charge on any atom is -0.480 e. The summed E-state index contributed by atoms with van der Waals surface area (Å²) in [5.74, 6) is -1.44. The molecule has 2 N–H and O–H groups in total. The molecule has 0 spiro atoms. The number of carbonyl (C=O) groups excluding carboxylic acids is 1. The fraction of sp³-hybridized carbons (Fsp3) is 0.375. The Balaban J connectivity index is 2.74. The van der Waals surface area contributed by atoms with E-state index in [9.17, 15) is 9.59 Å². The maximum Gasteiger partial charge on any atom is 0.326 e. The van der Waals surface area contributed by atoms with E-state index in [2.05, 4.69) is 5.32 Å². The number of carbonyl (C=O) groups is 2. The van der Waals surface area contributed by atoms with E-state index in [0.717, 1.165) is 11.1 Å². The van der Waals surface area contributed by atoms with Crippen molar-refractivity contribution in [3.63, 3.8) is 0 Å². The number of hydrogen-bond donors (Lipinski definition) is 2. The van der Waals surface area contributed by atoms with Crippen LogP contribution in [0.4, 0.5) is 0 Å². The van der Waals surface area contributed by atoms with Gasteiger partial charge in [0, 0.05) is 6.08 Å². The molecule has 4 nitrogen and oxygen atoms in total. The molecule has 0 unspecified atom stereocenters. The summed E-state index contributed by atoms with van der Waals surface area (Å²) in [5.41, 5.74) is 1.46. The van der Waals surface area contributed by atoms with Crippen molar-refractivity contribution >= 4 is 18.0 Å². The van der Waals surface area contributed by atoms with Crippen LogP contribution in [0.5, 0.6) is 0 Å². The van der Waals surface area contributed by atoms with E-state index in [1.165, 1.54) is 6.08 Å². The van der Waals surface area contributed by atoms with Crippen molar-refractivity contribution in [2.75, 3.05) is 0 Å². The predicted octanol–water partition coefficient (Wildman–Crippen LogP) is 2.62. The predicted molar refractivity (Wildman–Crippen MR) is 79.2 cm³/mol. The summed E-state index contributed by atoms with van der Waals surface area (Å²) in [6.07, 6.45) is 3.03. The number of aryl methyl sites for hydroxylation is 1.